The summed E-state index contributed by atoms with van der Waals surface area (Å²) in [4.78, 5) is 4.19. The molecule has 9 heteroatoms. The zero-order valence-corrected chi connectivity index (χ0v) is 16.0. The van der Waals surface area contributed by atoms with Crippen molar-refractivity contribution < 1.29 is 13.2 Å². The minimum absolute atomic E-state index is 0.00429. The molecule has 2 aromatic rings. The lowest BCUT2D eigenvalue weighted by Crippen LogP contribution is -2.12. The van der Waals surface area contributed by atoms with Crippen LogP contribution in [0.25, 0.3) is 0 Å². The molecule has 1 heterocycles. The van der Waals surface area contributed by atoms with E-state index >= 15 is 0 Å². The molecule has 21 heavy (non-hydrogen) atoms. The van der Waals surface area contributed by atoms with Crippen molar-refractivity contribution in [2.45, 2.75) is 11.5 Å². The molecule has 0 saturated carbocycles. The van der Waals surface area contributed by atoms with Gasteiger partial charge >= 0.3 is 0 Å². The van der Waals surface area contributed by atoms with Gasteiger partial charge in [0.25, 0.3) is 0 Å². The Balaban J connectivity index is 2.23. The Morgan fingerprint density at radius 1 is 1.14 bits per heavy atom. The summed E-state index contributed by atoms with van der Waals surface area (Å²) in [5.41, 5.74) is 0.743. The van der Waals surface area contributed by atoms with Crippen LogP contribution >= 0.6 is 47.8 Å². The molecule has 0 unspecified atom stereocenters. The Morgan fingerprint density at radius 2 is 1.76 bits per heavy atom. The molecule has 0 aliphatic heterocycles. The highest BCUT2D eigenvalue weighted by Gasteiger charge is 2.15. The number of hydrogen-bond donors (Lipinski definition) is 1. The Bertz CT molecular complexity index is 741. The topological polar surface area (TPSA) is 82.3 Å². The number of primary sulfonamides is 1. The molecule has 0 saturated heterocycles. The number of nitrogens with two attached hydrogens (primary N) is 1. The summed E-state index contributed by atoms with van der Waals surface area (Å²) in [6.07, 6.45) is 1.67. The lowest BCUT2D eigenvalue weighted by atomic mass is 10.3. The van der Waals surface area contributed by atoms with Crippen LogP contribution in [-0.2, 0) is 16.6 Å². The largest absolute Gasteiger partial charge is 0.485 e. The summed E-state index contributed by atoms with van der Waals surface area (Å²) in [6, 6.07) is 6.47. The van der Waals surface area contributed by atoms with Crippen LogP contribution in [-0.4, -0.2) is 13.4 Å². The van der Waals surface area contributed by atoms with Crippen LogP contribution in [0, 0.1) is 0 Å². The van der Waals surface area contributed by atoms with Crippen LogP contribution in [0.2, 0.25) is 0 Å². The number of hydrogen-bond acceptors (Lipinski definition) is 4. The molecule has 5 nitrogen and oxygen atoms in total. The first-order chi connectivity index (χ1) is 9.77. The SMILES string of the molecule is NS(=O)(=O)c1cc(Br)c(OCc2ccc(Br)cn2)c(Br)c1. The van der Waals surface area contributed by atoms with Crippen molar-refractivity contribution in [3.63, 3.8) is 0 Å². The predicted octanol–water partition coefficient (Wildman–Crippen LogP) is 3.60. The number of pyridine rings is 1. The average Bonchev–Trinajstić information content (AvgIpc) is 2.38. The molecule has 0 atom stereocenters. The fourth-order valence-electron chi connectivity index (χ4n) is 1.48. The molecule has 112 valence electrons. The van der Waals surface area contributed by atoms with E-state index in [-0.39, 0.29) is 11.5 Å². The summed E-state index contributed by atoms with van der Waals surface area (Å²) >= 11 is 9.85. The molecule has 0 aliphatic rings. The maximum absolute atomic E-state index is 11.3. The van der Waals surface area contributed by atoms with E-state index in [1.807, 2.05) is 12.1 Å². The highest BCUT2D eigenvalue weighted by molar-refractivity contribution is 9.11. The number of aromatic nitrogens is 1. The molecule has 0 fully saturated rings. The van der Waals surface area contributed by atoms with Crippen molar-refractivity contribution >= 4 is 57.8 Å². The zero-order valence-electron chi connectivity index (χ0n) is 10.4. The highest BCUT2D eigenvalue weighted by Crippen LogP contribution is 2.36. The van der Waals surface area contributed by atoms with Crippen molar-refractivity contribution in [2.24, 2.45) is 5.14 Å². The van der Waals surface area contributed by atoms with Crippen LogP contribution in [0.15, 0.2) is 48.8 Å². The van der Waals surface area contributed by atoms with E-state index in [1.54, 1.807) is 6.20 Å². The standard InChI is InChI=1S/C12H9Br3N2O3S/c13-7-1-2-8(17-5-7)6-20-12-10(14)3-9(4-11(12)15)21(16,18)19/h1-5H,6H2,(H2,16,18,19). The third kappa shape index (κ3) is 4.49. The maximum Gasteiger partial charge on any atom is 0.238 e. The van der Waals surface area contributed by atoms with Gasteiger partial charge in [-0.3, -0.25) is 4.98 Å². The molecule has 0 radical (unpaired) electrons. The second-order valence-electron chi connectivity index (χ2n) is 4.02. The van der Waals surface area contributed by atoms with Gasteiger partial charge in [0.2, 0.25) is 10.0 Å². The molecule has 0 spiro atoms. The van der Waals surface area contributed by atoms with Crippen LogP contribution in [0.5, 0.6) is 5.75 Å². The highest BCUT2D eigenvalue weighted by atomic mass is 79.9. The van der Waals surface area contributed by atoms with Crippen molar-refractivity contribution in [2.75, 3.05) is 0 Å². The fraction of sp³-hybridized carbons (Fsp3) is 0.0833. The second kappa shape index (κ2) is 6.74. The lowest BCUT2D eigenvalue weighted by molar-refractivity contribution is 0.297. The van der Waals surface area contributed by atoms with E-state index in [0.717, 1.165) is 10.2 Å². The molecule has 1 aromatic carbocycles. The van der Waals surface area contributed by atoms with Gasteiger partial charge in [0, 0.05) is 10.7 Å². The second-order valence-corrected chi connectivity index (χ2v) is 8.20. The summed E-state index contributed by atoms with van der Waals surface area (Å²) in [6.45, 7) is 0.249. The molecular weight excluding hydrogens is 492 g/mol. The number of ether oxygens (including phenoxy) is 1. The van der Waals surface area contributed by atoms with Crippen molar-refractivity contribution in [1.82, 2.24) is 4.98 Å². The van der Waals surface area contributed by atoms with E-state index < -0.39 is 10.0 Å². The van der Waals surface area contributed by atoms with Crippen molar-refractivity contribution in [1.29, 1.82) is 0 Å². The Labute approximate surface area is 147 Å². The summed E-state index contributed by atoms with van der Waals surface area (Å²) in [7, 11) is -3.77. The van der Waals surface area contributed by atoms with Gasteiger partial charge in [0.1, 0.15) is 12.4 Å². The van der Waals surface area contributed by atoms with Crippen LogP contribution in [0.3, 0.4) is 0 Å². The van der Waals surface area contributed by atoms with Gasteiger partial charge in [-0.15, -0.1) is 0 Å². The first-order valence-corrected chi connectivity index (χ1v) is 9.45. The van der Waals surface area contributed by atoms with Gasteiger partial charge in [-0.2, -0.15) is 0 Å². The molecule has 0 bridgehead atoms. The van der Waals surface area contributed by atoms with Gasteiger partial charge in [0.05, 0.1) is 19.5 Å². The van der Waals surface area contributed by atoms with Crippen molar-refractivity contribution in [3.05, 3.63) is 49.6 Å². The first-order valence-electron chi connectivity index (χ1n) is 5.52. The third-order valence-electron chi connectivity index (χ3n) is 2.45. The van der Waals surface area contributed by atoms with Crippen molar-refractivity contribution in [3.8, 4) is 5.75 Å². The number of benzene rings is 1. The van der Waals surface area contributed by atoms with E-state index in [2.05, 4.69) is 52.8 Å². The summed E-state index contributed by atoms with van der Waals surface area (Å²) in [5, 5.41) is 5.10. The molecule has 1 aromatic heterocycles. The van der Waals surface area contributed by atoms with Gasteiger partial charge in [-0.1, -0.05) is 0 Å². The smallest absolute Gasteiger partial charge is 0.238 e. The van der Waals surface area contributed by atoms with E-state index in [1.165, 1.54) is 12.1 Å². The minimum atomic E-state index is -3.77. The molecule has 0 aliphatic carbocycles. The van der Waals surface area contributed by atoms with Gasteiger partial charge in [-0.25, -0.2) is 13.6 Å². The van der Waals surface area contributed by atoms with Crippen LogP contribution in [0.4, 0.5) is 0 Å². The summed E-state index contributed by atoms with van der Waals surface area (Å²) < 4.78 is 30.2. The van der Waals surface area contributed by atoms with Crippen LogP contribution < -0.4 is 9.88 Å². The van der Waals surface area contributed by atoms with Gasteiger partial charge in [0.15, 0.2) is 0 Å². The fourth-order valence-corrected chi connectivity index (χ4v) is 3.99. The van der Waals surface area contributed by atoms with E-state index in [0.29, 0.717) is 14.7 Å². The third-order valence-corrected chi connectivity index (χ3v) is 4.99. The molecule has 0 amide bonds. The normalized spacial score (nSPS) is 11.4. The Hall–Kier alpha value is -0.480. The maximum atomic E-state index is 11.3. The molecular formula is C12H9Br3N2O3S. The quantitative estimate of drug-likeness (QED) is 0.695. The minimum Gasteiger partial charge on any atom is -0.485 e. The number of rotatable bonds is 4. The number of halogens is 3. The first kappa shape index (κ1) is 16.9. The number of sulfonamides is 1. The van der Waals surface area contributed by atoms with Gasteiger partial charge in [-0.05, 0) is 72.1 Å². The monoisotopic (exact) mass is 498 g/mol. The van der Waals surface area contributed by atoms with E-state index in [4.69, 9.17) is 9.88 Å². The zero-order chi connectivity index (χ0) is 15.6. The average molecular weight is 501 g/mol. The van der Waals surface area contributed by atoms with E-state index in [9.17, 15) is 8.42 Å². The van der Waals surface area contributed by atoms with Crippen LogP contribution in [0.1, 0.15) is 5.69 Å². The Morgan fingerprint density at radius 3 is 2.24 bits per heavy atom. The predicted molar refractivity (Wildman–Crippen MR) is 89.5 cm³/mol. The van der Waals surface area contributed by atoms with Gasteiger partial charge < -0.3 is 4.74 Å². The lowest BCUT2D eigenvalue weighted by Gasteiger charge is -2.11. The molecule has 2 rings (SSSR count). The number of nitrogens with zero attached hydrogens (tertiary/aromatic N) is 1. The Kier molecular flexibility index (Phi) is 5.42. The summed E-state index contributed by atoms with van der Waals surface area (Å²) in [5.74, 6) is 0.479. The molecule has 2 N–H and O–H groups in total.